The topological polar surface area (TPSA) is 70.2 Å². The van der Waals surface area contributed by atoms with E-state index in [0.717, 1.165) is 32.4 Å². The lowest BCUT2D eigenvalue weighted by Crippen LogP contribution is -2.50. The SMILES string of the molecule is Cc1cc(S(=O)(=O)N2CCCCC2)ccc1OCC(=O)N1CCN(c2cccc(C)c2C)CC1. The molecule has 34 heavy (non-hydrogen) atoms. The molecule has 2 aromatic carbocycles. The summed E-state index contributed by atoms with van der Waals surface area (Å²) < 4.78 is 33.2. The standard InChI is InChI=1S/C26H35N3O4S/c1-20-8-7-9-24(22(20)3)27-14-16-28(17-15-27)26(30)19-33-25-11-10-23(18-21(25)2)34(31,32)29-12-5-4-6-13-29/h7-11,18H,4-6,12-17,19H2,1-3H3. The van der Waals surface area contributed by atoms with Crippen LogP contribution >= 0.6 is 0 Å². The minimum atomic E-state index is -3.49. The van der Waals surface area contributed by atoms with Crippen molar-refractivity contribution in [1.82, 2.24) is 9.21 Å². The van der Waals surface area contributed by atoms with Crippen LogP contribution in [0.15, 0.2) is 41.3 Å². The van der Waals surface area contributed by atoms with Gasteiger partial charge in [-0.3, -0.25) is 4.79 Å². The Balaban J connectivity index is 1.32. The van der Waals surface area contributed by atoms with Gasteiger partial charge in [0.15, 0.2) is 6.61 Å². The number of amides is 1. The van der Waals surface area contributed by atoms with E-state index in [9.17, 15) is 13.2 Å². The molecule has 2 aromatic rings. The van der Waals surface area contributed by atoms with Gasteiger partial charge in [-0.05, 0) is 74.6 Å². The second kappa shape index (κ2) is 10.4. The molecule has 0 aromatic heterocycles. The van der Waals surface area contributed by atoms with Gasteiger partial charge in [-0.1, -0.05) is 18.6 Å². The Labute approximate surface area is 203 Å². The fourth-order valence-electron chi connectivity index (χ4n) is 4.70. The first-order chi connectivity index (χ1) is 16.3. The van der Waals surface area contributed by atoms with Crippen molar-refractivity contribution < 1.29 is 17.9 Å². The number of piperidine rings is 1. The van der Waals surface area contributed by atoms with Crippen LogP contribution in [0.2, 0.25) is 0 Å². The van der Waals surface area contributed by atoms with Crippen molar-refractivity contribution in [2.24, 2.45) is 0 Å². The predicted molar refractivity (Wildman–Crippen MR) is 134 cm³/mol. The van der Waals surface area contributed by atoms with E-state index in [2.05, 4.69) is 36.9 Å². The van der Waals surface area contributed by atoms with Crippen molar-refractivity contribution in [3.05, 3.63) is 53.1 Å². The van der Waals surface area contributed by atoms with Gasteiger partial charge in [0.1, 0.15) is 5.75 Å². The molecular formula is C26H35N3O4S. The van der Waals surface area contributed by atoms with Crippen molar-refractivity contribution in [3.8, 4) is 5.75 Å². The third-order valence-electron chi connectivity index (χ3n) is 7.00. The highest BCUT2D eigenvalue weighted by molar-refractivity contribution is 7.89. The number of rotatable bonds is 6. The van der Waals surface area contributed by atoms with Crippen LogP contribution in [0.1, 0.15) is 36.0 Å². The number of sulfonamides is 1. The molecule has 0 bridgehead atoms. The summed E-state index contributed by atoms with van der Waals surface area (Å²) in [4.78, 5) is 17.2. The second-order valence-electron chi connectivity index (χ2n) is 9.27. The molecule has 2 saturated heterocycles. The largest absolute Gasteiger partial charge is 0.483 e. The predicted octanol–water partition coefficient (Wildman–Crippen LogP) is 3.51. The van der Waals surface area contributed by atoms with Gasteiger partial charge < -0.3 is 14.5 Å². The summed E-state index contributed by atoms with van der Waals surface area (Å²) >= 11 is 0. The highest BCUT2D eigenvalue weighted by Gasteiger charge is 2.27. The van der Waals surface area contributed by atoms with Crippen molar-refractivity contribution in [3.63, 3.8) is 0 Å². The average molecular weight is 486 g/mol. The molecule has 4 rings (SSSR count). The van der Waals surface area contributed by atoms with Crippen LogP contribution in [0.5, 0.6) is 5.75 Å². The Bertz CT molecular complexity index is 1130. The summed E-state index contributed by atoms with van der Waals surface area (Å²) in [5, 5.41) is 0. The highest BCUT2D eigenvalue weighted by atomic mass is 32.2. The Morgan fingerprint density at radius 3 is 2.26 bits per heavy atom. The Morgan fingerprint density at radius 1 is 0.882 bits per heavy atom. The van der Waals surface area contributed by atoms with E-state index >= 15 is 0 Å². The summed E-state index contributed by atoms with van der Waals surface area (Å²) in [7, 11) is -3.49. The van der Waals surface area contributed by atoms with Crippen molar-refractivity contribution >= 4 is 21.6 Å². The molecule has 0 atom stereocenters. The van der Waals surface area contributed by atoms with Gasteiger partial charge in [-0.15, -0.1) is 0 Å². The number of aryl methyl sites for hydroxylation is 2. The molecule has 2 fully saturated rings. The van der Waals surface area contributed by atoms with E-state index in [1.54, 1.807) is 22.5 Å². The summed E-state index contributed by atoms with van der Waals surface area (Å²) in [5.41, 5.74) is 4.51. The zero-order valence-electron chi connectivity index (χ0n) is 20.4. The maximum atomic E-state index is 12.9. The van der Waals surface area contributed by atoms with Crippen LogP contribution in [0.3, 0.4) is 0 Å². The number of carbonyl (C=O) groups excluding carboxylic acids is 1. The smallest absolute Gasteiger partial charge is 0.260 e. The summed E-state index contributed by atoms with van der Waals surface area (Å²) in [6.07, 6.45) is 2.88. The fraction of sp³-hybridized carbons (Fsp3) is 0.500. The Morgan fingerprint density at radius 2 is 1.59 bits per heavy atom. The Hall–Kier alpha value is -2.58. The van der Waals surface area contributed by atoms with Gasteiger partial charge in [-0.2, -0.15) is 4.31 Å². The molecule has 2 aliphatic rings. The lowest BCUT2D eigenvalue weighted by atomic mass is 10.1. The van der Waals surface area contributed by atoms with Gasteiger partial charge in [0.2, 0.25) is 10.0 Å². The number of carbonyl (C=O) groups is 1. The lowest BCUT2D eigenvalue weighted by molar-refractivity contribution is -0.133. The fourth-order valence-corrected chi connectivity index (χ4v) is 6.31. The van der Waals surface area contributed by atoms with Crippen molar-refractivity contribution in [2.45, 2.75) is 44.9 Å². The van der Waals surface area contributed by atoms with Crippen LogP contribution in [0.25, 0.3) is 0 Å². The van der Waals surface area contributed by atoms with Crippen LogP contribution in [0.4, 0.5) is 5.69 Å². The van der Waals surface area contributed by atoms with E-state index in [4.69, 9.17) is 4.74 Å². The van der Waals surface area contributed by atoms with E-state index in [1.807, 2.05) is 11.8 Å². The monoisotopic (exact) mass is 485 g/mol. The number of piperazine rings is 1. The molecule has 2 aliphatic heterocycles. The molecule has 0 spiro atoms. The number of ether oxygens (including phenoxy) is 1. The molecule has 0 aliphatic carbocycles. The highest BCUT2D eigenvalue weighted by Crippen LogP contribution is 2.27. The van der Waals surface area contributed by atoms with E-state index in [1.165, 1.54) is 16.8 Å². The molecule has 2 heterocycles. The quantitative estimate of drug-likeness (QED) is 0.626. The first-order valence-electron chi connectivity index (χ1n) is 12.1. The average Bonchev–Trinajstić information content (AvgIpc) is 2.85. The summed E-state index contributed by atoms with van der Waals surface area (Å²) in [6.45, 7) is 10.1. The number of hydrogen-bond acceptors (Lipinski definition) is 5. The number of anilines is 1. The molecule has 1 amide bonds. The molecule has 0 unspecified atom stereocenters. The second-order valence-corrected chi connectivity index (χ2v) is 11.2. The van der Waals surface area contributed by atoms with Crippen molar-refractivity contribution in [2.75, 3.05) is 50.8 Å². The third kappa shape index (κ3) is 5.23. The zero-order valence-corrected chi connectivity index (χ0v) is 21.2. The normalized spacial score (nSPS) is 17.6. The molecule has 8 heteroatoms. The molecule has 184 valence electrons. The van der Waals surface area contributed by atoms with Crippen LogP contribution < -0.4 is 9.64 Å². The van der Waals surface area contributed by atoms with Gasteiger partial charge in [-0.25, -0.2) is 8.42 Å². The van der Waals surface area contributed by atoms with Gasteiger partial charge in [0, 0.05) is 45.0 Å². The maximum Gasteiger partial charge on any atom is 0.260 e. The van der Waals surface area contributed by atoms with Crippen LogP contribution in [-0.4, -0.2) is 69.4 Å². The molecule has 0 saturated carbocycles. The zero-order chi connectivity index (χ0) is 24.3. The molecule has 7 nitrogen and oxygen atoms in total. The van der Waals surface area contributed by atoms with Gasteiger partial charge in [0.05, 0.1) is 4.90 Å². The van der Waals surface area contributed by atoms with Crippen LogP contribution in [0, 0.1) is 20.8 Å². The molecule has 0 radical (unpaired) electrons. The summed E-state index contributed by atoms with van der Waals surface area (Å²) in [5.74, 6) is 0.491. The minimum Gasteiger partial charge on any atom is -0.483 e. The van der Waals surface area contributed by atoms with E-state index in [-0.39, 0.29) is 17.4 Å². The molecule has 0 N–H and O–H groups in total. The van der Waals surface area contributed by atoms with Gasteiger partial charge in [0.25, 0.3) is 5.91 Å². The Kier molecular flexibility index (Phi) is 7.48. The minimum absolute atomic E-state index is 0.0509. The lowest BCUT2D eigenvalue weighted by Gasteiger charge is -2.37. The maximum absolute atomic E-state index is 12.9. The molecular weight excluding hydrogens is 450 g/mol. The summed E-state index contributed by atoms with van der Waals surface area (Å²) in [6, 6.07) is 11.2. The number of nitrogens with zero attached hydrogens (tertiary/aromatic N) is 3. The third-order valence-corrected chi connectivity index (χ3v) is 8.89. The number of hydrogen-bond donors (Lipinski definition) is 0. The first-order valence-corrected chi connectivity index (χ1v) is 13.5. The first kappa shape index (κ1) is 24.5. The number of benzene rings is 2. The van der Waals surface area contributed by atoms with Gasteiger partial charge >= 0.3 is 0 Å². The van der Waals surface area contributed by atoms with E-state index in [0.29, 0.717) is 37.5 Å². The van der Waals surface area contributed by atoms with E-state index < -0.39 is 10.0 Å². The van der Waals surface area contributed by atoms with Crippen LogP contribution in [-0.2, 0) is 14.8 Å². The van der Waals surface area contributed by atoms with Crippen molar-refractivity contribution in [1.29, 1.82) is 0 Å².